The fourth-order valence-electron chi connectivity index (χ4n) is 1.99. The lowest BCUT2D eigenvalue weighted by Gasteiger charge is -2.27. The van der Waals surface area contributed by atoms with Gasteiger partial charge in [0.2, 0.25) is 0 Å². The normalized spacial score (nSPS) is 14.7. The van der Waals surface area contributed by atoms with Gasteiger partial charge in [-0.2, -0.15) is 13.2 Å². The van der Waals surface area contributed by atoms with Gasteiger partial charge in [-0.15, -0.1) is 11.6 Å². The van der Waals surface area contributed by atoms with Crippen LogP contribution in [0.5, 0.6) is 0 Å². The molecule has 0 fully saturated rings. The zero-order valence-corrected chi connectivity index (χ0v) is 11.2. The van der Waals surface area contributed by atoms with Gasteiger partial charge in [0.1, 0.15) is 5.82 Å². The molecule has 0 amide bonds. The van der Waals surface area contributed by atoms with E-state index < -0.39 is 23.0 Å². The molecule has 1 aromatic carbocycles. The van der Waals surface area contributed by atoms with Gasteiger partial charge in [-0.05, 0) is 36.5 Å². The summed E-state index contributed by atoms with van der Waals surface area (Å²) in [6.07, 6.45) is -4.11. The molecule has 1 rings (SSSR count). The molecule has 0 radical (unpaired) electrons. The van der Waals surface area contributed by atoms with Crippen LogP contribution in [0.3, 0.4) is 0 Å². The van der Waals surface area contributed by atoms with Crippen molar-refractivity contribution >= 4 is 11.6 Å². The first kappa shape index (κ1) is 15.3. The Balaban J connectivity index is 3.12. The number of hydrogen-bond acceptors (Lipinski definition) is 0. The van der Waals surface area contributed by atoms with Gasteiger partial charge in [-0.1, -0.05) is 19.9 Å². The van der Waals surface area contributed by atoms with E-state index in [1.807, 2.05) is 13.8 Å². The van der Waals surface area contributed by atoms with Crippen LogP contribution in [-0.4, -0.2) is 5.38 Å². The Morgan fingerprint density at radius 3 is 2.17 bits per heavy atom. The molecule has 5 heteroatoms. The van der Waals surface area contributed by atoms with Crippen molar-refractivity contribution in [1.82, 2.24) is 0 Å². The van der Waals surface area contributed by atoms with E-state index in [2.05, 4.69) is 0 Å². The minimum absolute atomic E-state index is 0.134. The minimum Gasteiger partial charge on any atom is -0.206 e. The molecule has 0 N–H and O–H groups in total. The van der Waals surface area contributed by atoms with Crippen molar-refractivity contribution in [3.63, 3.8) is 0 Å². The summed E-state index contributed by atoms with van der Waals surface area (Å²) in [5, 5.41) is -0.134. The van der Waals surface area contributed by atoms with E-state index >= 15 is 0 Å². The zero-order chi connectivity index (χ0) is 14.1. The molecule has 0 heterocycles. The Hall–Kier alpha value is -0.770. The third kappa shape index (κ3) is 3.61. The Morgan fingerprint density at radius 1 is 1.22 bits per heavy atom. The molecule has 1 unspecified atom stereocenters. The minimum atomic E-state index is -4.66. The van der Waals surface area contributed by atoms with E-state index in [1.54, 1.807) is 6.92 Å². The predicted molar refractivity (Wildman–Crippen MR) is 64.4 cm³/mol. The van der Waals surface area contributed by atoms with Crippen molar-refractivity contribution in [1.29, 1.82) is 0 Å². The maximum Gasteiger partial charge on any atom is 0.419 e. The van der Waals surface area contributed by atoms with Crippen LogP contribution in [0.1, 0.15) is 38.3 Å². The smallest absolute Gasteiger partial charge is 0.206 e. The second-order valence-corrected chi connectivity index (χ2v) is 5.81. The Labute approximate surface area is 109 Å². The maximum absolute atomic E-state index is 13.5. The molecule has 18 heavy (non-hydrogen) atoms. The van der Waals surface area contributed by atoms with E-state index in [0.29, 0.717) is 12.0 Å². The second-order valence-electron chi connectivity index (χ2n) is 5.06. The van der Waals surface area contributed by atoms with Gasteiger partial charge in [0.25, 0.3) is 0 Å². The number of benzene rings is 1. The quantitative estimate of drug-likeness (QED) is 0.532. The van der Waals surface area contributed by atoms with Crippen LogP contribution < -0.4 is 0 Å². The molecular weight excluding hydrogens is 268 g/mol. The van der Waals surface area contributed by atoms with Crippen molar-refractivity contribution in [2.45, 2.75) is 44.2 Å². The van der Waals surface area contributed by atoms with Gasteiger partial charge < -0.3 is 0 Å². The van der Waals surface area contributed by atoms with Gasteiger partial charge in [0.15, 0.2) is 0 Å². The van der Waals surface area contributed by atoms with E-state index in [4.69, 9.17) is 11.6 Å². The molecule has 0 aliphatic carbocycles. The van der Waals surface area contributed by atoms with Crippen LogP contribution in [0.25, 0.3) is 0 Å². The number of hydrogen-bond donors (Lipinski definition) is 0. The first-order valence-corrected chi connectivity index (χ1v) is 5.99. The van der Waals surface area contributed by atoms with Crippen LogP contribution in [-0.2, 0) is 11.6 Å². The summed E-state index contributed by atoms with van der Waals surface area (Å²) >= 11 is 5.88. The molecule has 0 nitrogen and oxygen atoms in total. The van der Waals surface area contributed by atoms with E-state index in [1.165, 1.54) is 6.07 Å². The number of halogens is 5. The first-order chi connectivity index (χ1) is 8.04. The topological polar surface area (TPSA) is 0 Å². The van der Waals surface area contributed by atoms with Crippen molar-refractivity contribution in [2.24, 2.45) is 0 Å². The number of rotatable bonds is 3. The van der Waals surface area contributed by atoms with Crippen LogP contribution in [0.15, 0.2) is 18.2 Å². The lowest BCUT2D eigenvalue weighted by Crippen LogP contribution is -2.21. The Bertz CT molecular complexity index is 421. The summed E-state index contributed by atoms with van der Waals surface area (Å²) in [6.45, 7) is 5.45. The van der Waals surface area contributed by atoms with Gasteiger partial charge >= 0.3 is 6.18 Å². The standard InChI is InChI=1S/C13H15ClF4/c1-8(14)7-12(2,3)9-4-5-10(11(15)6-9)13(16,17)18/h4-6,8H,7H2,1-3H3. The molecule has 0 aromatic heterocycles. The summed E-state index contributed by atoms with van der Waals surface area (Å²) < 4.78 is 50.7. The molecule has 0 aliphatic heterocycles. The van der Waals surface area contributed by atoms with Crippen molar-refractivity contribution in [2.75, 3.05) is 0 Å². The molecule has 1 aromatic rings. The zero-order valence-electron chi connectivity index (χ0n) is 10.4. The molecule has 102 valence electrons. The largest absolute Gasteiger partial charge is 0.419 e. The highest BCUT2D eigenvalue weighted by Gasteiger charge is 2.35. The van der Waals surface area contributed by atoms with Crippen LogP contribution in [0.4, 0.5) is 17.6 Å². The predicted octanol–water partition coefficient (Wildman–Crippen LogP) is 5.14. The third-order valence-corrected chi connectivity index (χ3v) is 3.00. The molecule has 0 spiro atoms. The fraction of sp³-hybridized carbons (Fsp3) is 0.538. The average molecular weight is 283 g/mol. The van der Waals surface area contributed by atoms with Crippen LogP contribution in [0, 0.1) is 5.82 Å². The maximum atomic E-state index is 13.5. The summed E-state index contributed by atoms with van der Waals surface area (Å²) in [5.74, 6) is -1.24. The van der Waals surface area contributed by atoms with Gasteiger partial charge in [0, 0.05) is 5.38 Å². The molecule has 0 saturated carbocycles. The average Bonchev–Trinajstić information content (AvgIpc) is 2.13. The highest BCUT2D eigenvalue weighted by molar-refractivity contribution is 6.20. The monoisotopic (exact) mass is 282 g/mol. The summed E-state index contributed by atoms with van der Waals surface area (Å²) in [7, 11) is 0. The number of alkyl halides is 4. The highest BCUT2D eigenvalue weighted by Crippen LogP contribution is 2.35. The van der Waals surface area contributed by atoms with E-state index in [9.17, 15) is 17.6 Å². The second kappa shape index (κ2) is 5.08. The molecule has 0 bridgehead atoms. The lowest BCUT2D eigenvalue weighted by molar-refractivity contribution is -0.140. The van der Waals surface area contributed by atoms with Gasteiger partial charge in [-0.3, -0.25) is 0 Å². The Morgan fingerprint density at radius 2 is 1.78 bits per heavy atom. The highest BCUT2D eigenvalue weighted by atomic mass is 35.5. The summed E-state index contributed by atoms with van der Waals surface area (Å²) in [5.41, 5.74) is -1.19. The van der Waals surface area contributed by atoms with Crippen molar-refractivity contribution < 1.29 is 17.6 Å². The van der Waals surface area contributed by atoms with Gasteiger partial charge in [-0.25, -0.2) is 4.39 Å². The lowest BCUT2D eigenvalue weighted by atomic mass is 9.80. The first-order valence-electron chi connectivity index (χ1n) is 5.55. The van der Waals surface area contributed by atoms with Crippen LogP contribution in [0.2, 0.25) is 0 Å². The van der Waals surface area contributed by atoms with Gasteiger partial charge in [0.05, 0.1) is 5.56 Å². The SMILES string of the molecule is CC(Cl)CC(C)(C)c1ccc(C(F)(F)F)c(F)c1. The third-order valence-electron chi connectivity index (χ3n) is 2.85. The van der Waals surface area contributed by atoms with E-state index in [-0.39, 0.29) is 5.38 Å². The summed E-state index contributed by atoms with van der Waals surface area (Å²) in [4.78, 5) is 0. The summed E-state index contributed by atoms with van der Waals surface area (Å²) in [6, 6.07) is 3.04. The molecular formula is C13H15ClF4. The van der Waals surface area contributed by atoms with Crippen molar-refractivity contribution in [3.8, 4) is 0 Å². The Kier molecular flexibility index (Phi) is 4.31. The molecule has 0 saturated heterocycles. The van der Waals surface area contributed by atoms with Crippen molar-refractivity contribution in [3.05, 3.63) is 35.1 Å². The fourth-order valence-corrected chi connectivity index (χ4v) is 2.37. The van der Waals surface area contributed by atoms with Crippen LogP contribution >= 0.6 is 11.6 Å². The van der Waals surface area contributed by atoms with E-state index in [0.717, 1.165) is 12.1 Å². The molecule has 0 aliphatic rings. The molecule has 1 atom stereocenters.